The van der Waals surface area contributed by atoms with E-state index in [1.165, 1.54) is 0 Å². The first-order valence-corrected chi connectivity index (χ1v) is 9.87. The van der Waals surface area contributed by atoms with E-state index in [4.69, 9.17) is 9.47 Å². The Labute approximate surface area is 172 Å². The van der Waals surface area contributed by atoms with Gasteiger partial charge in [0.05, 0.1) is 41.8 Å². The Hall–Kier alpha value is -3.53. The molecule has 1 aliphatic heterocycles. The Morgan fingerprint density at radius 3 is 3.00 bits per heavy atom. The van der Waals surface area contributed by atoms with Gasteiger partial charge in [-0.2, -0.15) is 15.2 Å². The molecule has 5 heterocycles. The van der Waals surface area contributed by atoms with E-state index in [2.05, 4.69) is 30.5 Å². The number of pyridine rings is 1. The highest BCUT2D eigenvalue weighted by atomic mass is 16.5. The first kappa shape index (κ1) is 18.5. The van der Waals surface area contributed by atoms with E-state index in [-0.39, 0.29) is 6.10 Å². The van der Waals surface area contributed by atoms with Crippen LogP contribution in [0.4, 0.5) is 11.6 Å². The minimum atomic E-state index is 0.160. The molecule has 1 fully saturated rings. The van der Waals surface area contributed by atoms with Crippen LogP contribution in [0.15, 0.2) is 43.0 Å². The fraction of sp³-hybridized carbons (Fsp3) is 0.350. The van der Waals surface area contributed by atoms with Gasteiger partial charge >= 0.3 is 0 Å². The lowest BCUT2D eigenvalue weighted by molar-refractivity contribution is 0.0662. The topological polar surface area (TPSA) is 105 Å². The zero-order valence-electron chi connectivity index (χ0n) is 16.6. The Morgan fingerprint density at radius 2 is 2.17 bits per heavy atom. The Kier molecular flexibility index (Phi) is 4.98. The molecule has 10 nitrogen and oxygen atoms in total. The van der Waals surface area contributed by atoms with Crippen LogP contribution in [0.1, 0.15) is 18.5 Å². The van der Waals surface area contributed by atoms with Crippen LogP contribution in [-0.4, -0.2) is 53.8 Å². The third kappa shape index (κ3) is 4.08. The maximum absolute atomic E-state index is 5.82. The molecule has 30 heavy (non-hydrogen) atoms. The van der Waals surface area contributed by atoms with Crippen molar-refractivity contribution in [3.63, 3.8) is 0 Å². The van der Waals surface area contributed by atoms with Crippen molar-refractivity contribution in [2.45, 2.75) is 25.5 Å². The Balaban J connectivity index is 1.32. The van der Waals surface area contributed by atoms with Crippen LogP contribution >= 0.6 is 0 Å². The average Bonchev–Trinajstić information content (AvgIpc) is 3.49. The van der Waals surface area contributed by atoms with Gasteiger partial charge in [0.1, 0.15) is 6.61 Å². The predicted octanol–water partition coefficient (Wildman–Crippen LogP) is 2.30. The standard InChI is InChI=1S/C20H22N8O2/c1-27-11-16(10-22-27)25-20-21-8-14-9-23-28(19(14)26-20)12-15-4-2-6-18(24-15)30-13-17-5-3-7-29-17/h2,4,6,8-11,17H,3,5,7,12-13H2,1H3,(H,21,25,26). The summed E-state index contributed by atoms with van der Waals surface area (Å²) in [5.74, 6) is 1.08. The lowest BCUT2D eigenvalue weighted by Gasteiger charge is -2.11. The Morgan fingerprint density at radius 1 is 1.20 bits per heavy atom. The summed E-state index contributed by atoms with van der Waals surface area (Å²) < 4.78 is 14.9. The molecule has 0 aliphatic carbocycles. The summed E-state index contributed by atoms with van der Waals surface area (Å²) in [6.45, 7) is 1.81. The molecular weight excluding hydrogens is 384 g/mol. The average molecular weight is 406 g/mol. The molecule has 4 aromatic heterocycles. The van der Waals surface area contributed by atoms with Gasteiger partial charge in [-0.3, -0.25) is 4.68 Å². The molecule has 154 valence electrons. The number of anilines is 2. The summed E-state index contributed by atoms with van der Waals surface area (Å²) in [6.07, 6.45) is 9.36. The van der Waals surface area contributed by atoms with E-state index in [0.29, 0.717) is 25.0 Å². The second-order valence-corrected chi connectivity index (χ2v) is 7.22. The van der Waals surface area contributed by atoms with Crippen molar-refractivity contribution in [3.8, 4) is 5.88 Å². The van der Waals surface area contributed by atoms with E-state index in [1.807, 2.05) is 31.4 Å². The minimum absolute atomic E-state index is 0.160. The number of rotatable bonds is 7. The van der Waals surface area contributed by atoms with Crippen LogP contribution in [0.2, 0.25) is 0 Å². The minimum Gasteiger partial charge on any atom is -0.475 e. The third-order valence-electron chi connectivity index (χ3n) is 4.87. The van der Waals surface area contributed by atoms with Gasteiger partial charge in [-0.1, -0.05) is 6.07 Å². The second-order valence-electron chi connectivity index (χ2n) is 7.22. The summed E-state index contributed by atoms with van der Waals surface area (Å²) in [6, 6.07) is 5.74. The van der Waals surface area contributed by atoms with Crippen molar-refractivity contribution in [1.82, 2.24) is 34.5 Å². The van der Waals surface area contributed by atoms with Crippen molar-refractivity contribution in [3.05, 3.63) is 48.7 Å². The first-order valence-electron chi connectivity index (χ1n) is 9.87. The fourth-order valence-electron chi connectivity index (χ4n) is 3.39. The number of hydrogen-bond donors (Lipinski definition) is 1. The van der Waals surface area contributed by atoms with Gasteiger partial charge in [0.2, 0.25) is 11.8 Å². The summed E-state index contributed by atoms with van der Waals surface area (Å²) >= 11 is 0. The normalized spacial score (nSPS) is 16.2. The first-order chi connectivity index (χ1) is 14.7. The molecule has 0 aromatic carbocycles. The van der Waals surface area contributed by atoms with Crippen LogP contribution in [-0.2, 0) is 18.3 Å². The largest absolute Gasteiger partial charge is 0.475 e. The van der Waals surface area contributed by atoms with Crippen LogP contribution in [0.25, 0.3) is 11.0 Å². The highest BCUT2D eigenvalue weighted by Gasteiger charge is 2.16. The molecule has 0 radical (unpaired) electrons. The summed E-state index contributed by atoms with van der Waals surface area (Å²) in [4.78, 5) is 13.6. The number of nitrogens with one attached hydrogen (secondary N) is 1. The summed E-state index contributed by atoms with van der Waals surface area (Å²) in [5.41, 5.74) is 2.38. The van der Waals surface area contributed by atoms with Crippen molar-refractivity contribution < 1.29 is 9.47 Å². The van der Waals surface area contributed by atoms with Gasteiger partial charge in [-0.05, 0) is 18.9 Å². The maximum Gasteiger partial charge on any atom is 0.229 e. The number of aryl methyl sites for hydroxylation is 1. The van der Waals surface area contributed by atoms with E-state index < -0.39 is 0 Å². The molecule has 5 rings (SSSR count). The molecule has 1 saturated heterocycles. The molecule has 1 atom stereocenters. The van der Waals surface area contributed by atoms with Crippen molar-refractivity contribution >= 4 is 22.7 Å². The highest BCUT2D eigenvalue weighted by Crippen LogP contribution is 2.18. The van der Waals surface area contributed by atoms with Crippen LogP contribution < -0.4 is 10.1 Å². The molecule has 10 heteroatoms. The van der Waals surface area contributed by atoms with E-state index in [1.54, 1.807) is 28.0 Å². The zero-order valence-corrected chi connectivity index (χ0v) is 16.6. The highest BCUT2D eigenvalue weighted by molar-refractivity contribution is 5.75. The quantitative estimate of drug-likeness (QED) is 0.498. The van der Waals surface area contributed by atoms with Crippen LogP contribution in [0.3, 0.4) is 0 Å². The number of ether oxygens (including phenoxy) is 2. The van der Waals surface area contributed by atoms with Crippen LogP contribution in [0.5, 0.6) is 5.88 Å². The number of nitrogens with zero attached hydrogens (tertiary/aromatic N) is 7. The number of fused-ring (bicyclic) bond motifs is 1. The van der Waals surface area contributed by atoms with Gasteiger partial charge in [0, 0.05) is 32.1 Å². The monoisotopic (exact) mass is 406 g/mol. The van der Waals surface area contributed by atoms with Gasteiger partial charge in [-0.15, -0.1) is 0 Å². The molecule has 1 unspecified atom stereocenters. The summed E-state index contributed by atoms with van der Waals surface area (Å²) in [5, 5.41) is 12.6. The molecule has 1 aliphatic rings. The van der Waals surface area contributed by atoms with Gasteiger partial charge in [0.15, 0.2) is 5.65 Å². The summed E-state index contributed by atoms with van der Waals surface area (Å²) in [7, 11) is 1.86. The van der Waals surface area contributed by atoms with Crippen LogP contribution in [0, 0.1) is 0 Å². The lowest BCUT2D eigenvalue weighted by atomic mass is 10.2. The molecule has 4 aromatic rings. The smallest absolute Gasteiger partial charge is 0.229 e. The van der Waals surface area contributed by atoms with Crippen molar-refractivity contribution in [2.24, 2.45) is 7.05 Å². The molecule has 0 saturated carbocycles. The zero-order chi connectivity index (χ0) is 20.3. The number of hydrogen-bond acceptors (Lipinski definition) is 8. The molecular formula is C20H22N8O2. The Bertz CT molecular complexity index is 1150. The van der Waals surface area contributed by atoms with Gasteiger partial charge in [0.25, 0.3) is 0 Å². The molecule has 0 amide bonds. The second kappa shape index (κ2) is 8.07. The SMILES string of the molecule is Cn1cc(Nc2ncc3cnn(Cc4cccc(OCC5CCCO5)n4)c3n2)cn1. The van der Waals surface area contributed by atoms with Crippen molar-refractivity contribution in [2.75, 3.05) is 18.5 Å². The van der Waals surface area contributed by atoms with E-state index >= 15 is 0 Å². The van der Waals surface area contributed by atoms with E-state index in [9.17, 15) is 0 Å². The fourth-order valence-corrected chi connectivity index (χ4v) is 3.39. The molecule has 0 bridgehead atoms. The predicted molar refractivity (Wildman–Crippen MR) is 110 cm³/mol. The van der Waals surface area contributed by atoms with Gasteiger partial charge in [-0.25, -0.2) is 14.6 Å². The van der Waals surface area contributed by atoms with Crippen molar-refractivity contribution in [1.29, 1.82) is 0 Å². The van der Waals surface area contributed by atoms with E-state index in [0.717, 1.165) is 41.9 Å². The van der Waals surface area contributed by atoms with Gasteiger partial charge < -0.3 is 14.8 Å². The third-order valence-corrected chi connectivity index (χ3v) is 4.87. The molecule has 0 spiro atoms. The maximum atomic E-state index is 5.82. The molecule has 1 N–H and O–H groups in total. The lowest BCUT2D eigenvalue weighted by Crippen LogP contribution is -2.17. The number of aromatic nitrogens is 7.